The van der Waals surface area contributed by atoms with Gasteiger partial charge in [-0.1, -0.05) is 188 Å². The molecule has 3 heterocycles. The highest BCUT2D eigenvalue weighted by Gasteiger charge is 2.41. The molecule has 0 saturated heterocycles. The molecule has 0 aliphatic heterocycles. The van der Waals surface area contributed by atoms with Gasteiger partial charge in [-0.05, 0) is 80.9 Å². The van der Waals surface area contributed by atoms with Crippen LogP contribution in [0.4, 0.5) is 0 Å². The van der Waals surface area contributed by atoms with Gasteiger partial charge in [-0.25, -0.2) is 0 Å². The number of hydrogen-bond donors (Lipinski definition) is 0. The first kappa shape index (κ1) is 36.5. The van der Waals surface area contributed by atoms with Crippen LogP contribution in [0, 0.1) is 0 Å². The molecule has 13 aromatic rings. The maximum absolute atomic E-state index is 6.50. The van der Waals surface area contributed by atoms with E-state index in [2.05, 4.69) is 246 Å². The molecule has 0 N–H and O–H groups in total. The molecule has 3 aromatic heterocycles. The van der Waals surface area contributed by atoms with Crippen LogP contribution < -0.4 is 20.7 Å². The van der Waals surface area contributed by atoms with E-state index in [1.54, 1.807) is 0 Å². The first-order chi connectivity index (χ1) is 31.8. The van der Waals surface area contributed by atoms with Crippen LogP contribution >= 0.6 is 0 Å². The molecule has 10 aromatic carbocycles. The molecule has 300 valence electrons. The zero-order valence-electron chi connectivity index (χ0n) is 34.9. The van der Waals surface area contributed by atoms with Crippen molar-refractivity contribution in [2.45, 2.75) is 0 Å². The zero-order valence-corrected chi connectivity index (χ0v) is 35.9. The summed E-state index contributed by atoms with van der Waals surface area (Å²) in [5, 5.41) is 12.5. The molecular weight excluding hydrogens is 793 g/mol. The molecule has 3 nitrogen and oxygen atoms in total. The molecular formula is C60H40N2OSi. The van der Waals surface area contributed by atoms with Crippen molar-refractivity contribution < 1.29 is 4.42 Å². The minimum Gasteiger partial charge on any atom is -0.456 e. The number of fused-ring (bicyclic) bond motifs is 9. The lowest BCUT2D eigenvalue weighted by molar-refractivity contribution is 0.669. The molecule has 0 radical (unpaired) electrons. The molecule has 0 aliphatic carbocycles. The lowest BCUT2D eigenvalue weighted by Crippen LogP contribution is -2.74. The van der Waals surface area contributed by atoms with Crippen molar-refractivity contribution in [2.24, 2.45) is 0 Å². The fraction of sp³-hybridized carbons (Fsp3) is 0. The van der Waals surface area contributed by atoms with E-state index in [4.69, 9.17) is 4.42 Å². The number of benzene rings is 10. The zero-order chi connectivity index (χ0) is 42.2. The molecule has 0 saturated carbocycles. The predicted molar refractivity (Wildman–Crippen MR) is 271 cm³/mol. The van der Waals surface area contributed by atoms with Crippen molar-refractivity contribution in [3.8, 4) is 22.5 Å². The molecule has 0 atom stereocenters. The summed E-state index contributed by atoms with van der Waals surface area (Å²) in [7, 11) is -2.84. The number of aromatic nitrogens is 2. The molecule has 13 rings (SSSR count). The summed E-state index contributed by atoms with van der Waals surface area (Å²) < 4.78 is 11.5. The van der Waals surface area contributed by atoms with Crippen LogP contribution in [0.3, 0.4) is 0 Å². The molecule has 0 spiro atoms. The topological polar surface area (TPSA) is 23.0 Å². The normalized spacial score (nSPS) is 12.1. The molecule has 0 fully saturated rings. The number of furan rings is 1. The Kier molecular flexibility index (Phi) is 8.23. The highest BCUT2D eigenvalue weighted by molar-refractivity contribution is 7.19. The smallest absolute Gasteiger partial charge is 0.179 e. The molecule has 0 aliphatic rings. The fourth-order valence-electron chi connectivity index (χ4n) is 10.8. The Morgan fingerprint density at radius 3 is 1.45 bits per heavy atom. The lowest BCUT2D eigenvalue weighted by atomic mass is 9.97. The van der Waals surface area contributed by atoms with E-state index in [1.807, 2.05) is 6.07 Å². The molecule has 64 heavy (non-hydrogen) atoms. The van der Waals surface area contributed by atoms with Crippen LogP contribution in [0.2, 0.25) is 0 Å². The summed E-state index contributed by atoms with van der Waals surface area (Å²) in [5.41, 5.74) is 11.1. The Balaban J connectivity index is 1.14. The Hall–Kier alpha value is -8.18. The van der Waals surface area contributed by atoms with Gasteiger partial charge in [0.05, 0.1) is 22.1 Å². The highest BCUT2D eigenvalue weighted by Crippen LogP contribution is 2.44. The van der Waals surface area contributed by atoms with Crippen LogP contribution in [0.1, 0.15) is 0 Å². The first-order valence-corrected chi connectivity index (χ1v) is 24.0. The third-order valence-electron chi connectivity index (χ3n) is 13.5. The van der Waals surface area contributed by atoms with Crippen molar-refractivity contribution in [3.63, 3.8) is 0 Å². The van der Waals surface area contributed by atoms with Gasteiger partial charge in [-0.15, -0.1) is 0 Å². The SMILES string of the molecule is c1ccc([Si](c2ccccc2)(c2ccccc2)c2cccc(-n3c4ccc(-n5c6ccccc6c6ccccc65)cc4c4cccc(-c5cccc6oc7ccccc7c56)c43)c2)cc1. The van der Waals surface area contributed by atoms with E-state index < -0.39 is 8.07 Å². The largest absolute Gasteiger partial charge is 0.456 e. The Morgan fingerprint density at radius 2 is 0.781 bits per heavy atom. The van der Waals surface area contributed by atoms with Crippen molar-refractivity contribution in [2.75, 3.05) is 0 Å². The van der Waals surface area contributed by atoms with Gasteiger partial charge in [-0.3, -0.25) is 0 Å². The maximum Gasteiger partial charge on any atom is 0.179 e. The Labute approximate surface area is 371 Å². The fourth-order valence-corrected chi connectivity index (χ4v) is 15.6. The van der Waals surface area contributed by atoms with Gasteiger partial charge in [0, 0.05) is 49.3 Å². The van der Waals surface area contributed by atoms with Gasteiger partial charge in [0.2, 0.25) is 0 Å². The van der Waals surface area contributed by atoms with Gasteiger partial charge in [-0.2, -0.15) is 0 Å². The van der Waals surface area contributed by atoms with E-state index in [1.165, 1.54) is 58.8 Å². The number of para-hydroxylation sites is 4. The summed E-state index contributed by atoms with van der Waals surface area (Å²) in [5.74, 6) is 0. The van der Waals surface area contributed by atoms with Crippen LogP contribution in [0.15, 0.2) is 247 Å². The van der Waals surface area contributed by atoms with Crippen molar-refractivity contribution in [1.29, 1.82) is 0 Å². The molecule has 0 amide bonds. The van der Waals surface area contributed by atoms with Crippen LogP contribution in [0.5, 0.6) is 0 Å². The van der Waals surface area contributed by atoms with Gasteiger partial charge >= 0.3 is 0 Å². The van der Waals surface area contributed by atoms with Crippen molar-refractivity contribution in [3.05, 3.63) is 243 Å². The van der Waals surface area contributed by atoms with Crippen molar-refractivity contribution in [1.82, 2.24) is 9.13 Å². The minimum atomic E-state index is -2.84. The van der Waals surface area contributed by atoms with E-state index in [0.717, 1.165) is 50.0 Å². The summed E-state index contributed by atoms with van der Waals surface area (Å²) in [6.45, 7) is 0. The summed E-state index contributed by atoms with van der Waals surface area (Å²) >= 11 is 0. The van der Waals surface area contributed by atoms with Crippen LogP contribution in [-0.4, -0.2) is 17.2 Å². The van der Waals surface area contributed by atoms with E-state index >= 15 is 0 Å². The molecule has 0 bridgehead atoms. The van der Waals surface area contributed by atoms with Gasteiger partial charge < -0.3 is 13.6 Å². The summed E-state index contributed by atoms with van der Waals surface area (Å²) in [4.78, 5) is 0. The summed E-state index contributed by atoms with van der Waals surface area (Å²) in [6.07, 6.45) is 0. The Morgan fingerprint density at radius 1 is 0.297 bits per heavy atom. The number of nitrogens with zero attached hydrogens (tertiary/aromatic N) is 2. The number of hydrogen-bond acceptors (Lipinski definition) is 1. The average molecular weight is 833 g/mol. The second-order valence-corrected chi connectivity index (χ2v) is 20.6. The third kappa shape index (κ3) is 5.33. The first-order valence-electron chi connectivity index (χ1n) is 22.0. The maximum atomic E-state index is 6.50. The Bertz CT molecular complexity index is 3750. The van der Waals surface area contributed by atoms with E-state index in [0.29, 0.717) is 0 Å². The van der Waals surface area contributed by atoms with Crippen LogP contribution in [0.25, 0.3) is 88.1 Å². The molecule has 4 heteroatoms. The van der Waals surface area contributed by atoms with E-state index in [-0.39, 0.29) is 0 Å². The standard InChI is InChI=1S/C60H40N2OSi/c1-4-20-43(21-5-1)64(44-22-6-2-7-23-44,45-24-8-3-9-25-45)46-26-16-19-41(39-46)62-56-38-37-42(61-54-33-13-10-27-47(54)48-28-11-14-34-55(48)61)40-53(56)51-32-17-31-50(60(51)62)49-30-18-36-58-59(49)52-29-12-15-35-57(52)63-58/h1-40H. The number of rotatable bonds is 7. The predicted octanol–water partition coefficient (Wildman–Crippen LogP) is 12.8. The second-order valence-electron chi connectivity index (χ2n) is 16.8. The highest BCUT2D eigenvalue weighted by atomic mass is 28.3. The van der Waals surface area contributed by atoms with Crippen molar-refractivity contribution >= 4 is 94.4 Å². The lowest BCUT2D eigenvalue weighted by Gasteiger charge is -2.34. The quantitative estimate of drug-likeness (QED) is 0.116. The monoisotopic (exact) mass is 832 g/mol. The van der Waals surface area contributed by atoms with Gasteiger partial charge in [0.15, 0.2) is 8.07 Å². The average Bonchev–Trinajstić information content (AvgIpc) is 4.03. The summed E-state index contributed by atoms with van der Waals surface area (Å²) in [6, 6.07) is 89.3. The van der Waals surface area contributed by atoms with Gasteiger partial charge in [0.1, 0.15) is 11.2 Å². The van der Waals surface area contributed by atoms with Gasteiger partial charge in [0.25, 0.3) is 0 Å². The second kappa shape index (κ2) is 14.5. The molecule has 0 unspecified atom stereocenters. The minimum absolute atomic E-state index is 0.887. The van der Waals surface area contributed by atoms with E-state index in [9.17, 15) is 0 Å². The third-order valence-corrected chi connectivity index (χ3v) is 18.2. The van der Waals surface area contributed by atoms with Crippen LogP contribution in [-0.2, 0) is 0 Å².